The van der Waals surface area contributed by atoms with Gasteiger partial charge >= 0.3 is 0 Å². The number of nitrogens with one attached hydrogen (secondary N) is 1. The number of rotatable bonds is 4. The van der Waals surface area contributed by atoms with Crippen molar-refractivity contribution in [1.82, 2.24) is 0 Å². The molecule has 0 fully saturated rings. The van der Waals surface area contributed by atoms with Gasteiger partial charge in [0.1, 0.15) is 4.90 Å². The van der Waals surface area contributed by atoms with Crippen LogP contribution in [0.2, 0.25) is 5.02 Å². The molecule has 1 amide bonds. The zero-order valence-electron chi connectivity index (χ0n) is 14.8. The Morgan fingerprint density at radius 1 is 1.11 bits per heavy atom. The summed E-state index contributed by atoms with van der Waals surface area (Å²) in [5, 5.41) is 4.86. The van der Waals surface area contributed by atoms with E-state index in [1.807, 2.05) is 30.5 Å². The van der Waals surface area contributed by atoms with Crippen molar-refractivity contribution in [2.45, 2.75) is 27.0 Å². The molecule has 0 saturated carbocycles. The third kappa shape index (κ3) is 3.48. The van der Waals surface area contributed by atoms with Crippen LogP contribution in [-0.2, 0) is 14.6 Å². The number of carbonyl (C=O) groups excluding carboxylic acids is 1. The molecule has 1 aliphatic rings. The van der Waals surface area contributed by atoms with Crippen LogP contribution < -0.4 is 5.32 Å². The lowest BCUT2D eigenvalue weighted by Gasteiger charge is -2.24. The maximum atomic E-state index is 13.1. The summed E-state index contributed by atoms with van der Waals surface area (Å²) in [6.45, 7) is 0. The lowest BCUT2D eigenvalue weighted by Crippen LogP contribution is -2.23. The first-order valence-electron chi connectivity index (χ1n) is 8.46. The van der Waals surface area contributed by atoms with Crippen molar-refractivity contribution in [3.05, 3.63) is 69.4 Å². The second-order valence-corrected chi connectivity index (χ2v) is 10.5. The van der Waals surface area contributed by atoms with Crippen molar-refractivity contribution in [3.63, 3.8) is 0 Å². The molecule has 3 aromatic rings. The topological polar surface area (TPSA) is 63.2 Å². The predicted octanol–water partition coefficient (Wildman–Crippen LogP) is 5.43. The summed E-state index contributed by atoms with van der Waals surface area (Å²) in [4.78, 5) is 14.7. The fraction of sp³-hybridized carbons (Fsp3) is 0.150. The highest BCUT2D eigenvalue weighted by atomic mass is 35.5. The van der Waals surface area contributed by atoms with Gasteiger partial charge in [-0.2, -0.15) is 0 Å². The number of anilines is 1. The SMILES string of the molecule is CSc1ccc([C@@H]2CC(=O)Nc3c(S(=O)(=O)c4ccc(Cl)cc4)csc32)cc1. The van der Waals surface area contributed by atoms with E-state index < -0.39 is 9.84 Å². The summed E-state index contributed by atoms with van der Waals surface area (Å²) in [7, 11) is -3.76. The number of sulfone groups is 1. The summed E-state index contributed by atoms with van der Waals surface area (Å²) in [5.74, 6) is -0.337. The Bertz CT molecular complexity index is 1140. The van der Waals surface area contributed by atoms with E-state index in [0.29, 0.717) is 17.1 Å². The van der Waals surface area contributed by atoms with Crippen molar-refractivity contribution >= 4 is 56.1 Å². The van der Waals surface area contributed by atoms with Gasteiger partial charge in [0.2, 0.25) is 15.7 Å². The summed E-state index contributed by atoms with van der Waals surface area (Å²) in [6.07, 6.45) is 2.31. The van der Waals surface area contributed by atoms with Gasteiger partial charge in [-0.25, -0.2) is 8.42 Å². The van der Waals surface area contributed by atoms with Crippen LogP contribution in [0.1, 0.15) is 22.8 Å². The Morgan fingerprint density at radius 3 is 2.43 bits per heavy atom. The van der Waals surface area contributed by atoms with Gasteiger partial charge in [0.05, 0.1) is 10.6 Å². The van der Waals surface area contributed by atoms with E-state index in [-0.39, 0.29) is 21.6 Å². The Labute approximate surface area is 176 Å². The number of thioether (sulfide) groups is 1. The largest absolute Gasteiger partial charge is 0.324 e. The molecule has 1 atom stereocenters. The number of hydrogen-bond donors (Lipinski definition) is 1. The highest BCUT2D eigenvalue weighted by Gasteiger charge is 2.34. The van der Waals surface area contributed by atoms with Crippen LogP contribution in [0.15, 0.2) is 68.6 Å². The second-order valence-electron chi connectivity index (χ2n) is 6.37. The summed E-state index contributed by atoms with van der Waals surface area (Å²) in [5.41, 5.74) is 1.40. The first-order valence-corrected chi connectivity index (χ1v) is 12.4. The van der Waals surface area contributed by atoms with E-state index >= 15 is 0 Å². The minimum absolute atomic E-state index is 0.133. The van der Waals surface area contributed by atoms with Crippen molar-refractivity contribution in [2.24, 2.45) is 0 Å². The molecule has 0 unspecified atom stereocenters. The number of hydrogen-bond acceptors (Lipinski definition) is 5. The number of fused-ring (bicyclic) bond motifs is 1. The molecule has 0 bridgehead atoms. The van der Waals surface area contributed by atoms with Gasteiger partial charge in [-0.05, 0) is 48.2 Å². The second kappa shape index (κ2) is 7.55. The molecule has 2 heterocycles. The number of halogens is 1. The van der Waals surface area contributed by atoms with Gasteiger partial charge in [-0.1, -0.05) is 23.7 Å². The molecule has 1 aromatic heterocycles. The van der Waals surface area contributed by atoms with Crippen LogP contribution in [0.5, 0.6) is 0 Å². The van der Waals surface area contributed by atoms with Crippen LogP contribution in [0, 0.1) is 0 Å². The smallest absolute Gasteiger partial charge is 0.225 e. The standard InChI is InChI=1S/C20H16ClNO3S3/c1-26-14-6-2-12(3-7-14)16-10-18(23)22-19-17(11-27-20(16)19)28(24,25)15-8-4-13(21)5-9-15/h2-9,11,16H,10H2,1H3,(H,22,23)/t16-/m0/s1. The molecule has 0 spiro atoms. The van der Waals surface area contributed by atoms with E-state index in [4.69, 9.17) is 11.6 Å². The van der Waals surface area contributed by atoms with Gasteiger partial charge < -0.3 is 5.32 Å². The van der Waals surface area contributed by atoms with E-state index in [2.05, 4.69) is 5.32 Å². The number of thiophene rings is 1. The Hall–Kier alpha value is -1.80. The fourth-order valence-corrected chi connectivity index (χ4v) is 6.69. The normalized spacial score (nSPS) is 16.5. The van der Waals surface area contributed by atoms with Crippen LogP contribution >= 0.6 is 34.7 Å². The van der Waals surface area contributed by atoms with Gasteiger partial charge in [0, 0.05) is 32.5 Å². The lowest BCUT2D eigenvalue weighted by molar-refractivity contribution is -0.116. The third-order valence-electron chi connectivity index (χ3n) is 4.69. The molecule has 2 aromatic carbocycles. The van der Waals surface area contributed by atoms with E-state index in [9.17, 15) is 13.2 Å². The fourth-order valence-electron chi connectivity index (χ4n) is 3.25. The zero-order valence-corrected chi connectivity index (χ0v) is 18.0. The summed E-state index contributed by atoms with van der Waals surface area (Å²) >= 11 is 8.90. The molecule has 4 nitrogen and oxygen atoms in total. The molecule has 8 heteroatoms. The van der Waals surface area contributed by atoms with Crippen LogP contribution in [0.3, 0.4) is 0 Å². The Balaban J connectivity index is 1.79. The first kappa shape index (κ1) is 19.5. The van der Waals surface area contributed by atoms with Crippen molar-refractivity contribution in [2.75, 3.05) is 11.6 Å². The van der Waals surface area contributed by atoms with E-state index in [1.165, 1.54) is 23.5 Å². The molecule has 0 radical (unpaired) electrons. The maximum Gasteiger partial charge on any atom is 0.225 e. The first-order chi connectivity index (χ1) is 13.4. The Kier molecular flexibility index (Phi) is 5.26. The van der Waals surface area contributed by atoms with Crippen molar-refractivity contribution in [3.8, 4) is 0 Å². The molecule has 1 N–H and O–H groups in total. The molecule has 1 aliphatic heterocycles. The summed E-state index contributed by atoms with van der Waals surface area (Å²) in [6, 6.07) is 14.1. The number of carbonyl (C=O) groups is 1. The average Bonchev–Trinajstić information content (AvgIpc) is 3.12. The zero-order chi connectivity index (χ0) is 19.9. The molecular formula is C20H16ClNO3S3. The maximum absolute atomic E-state index is 13.1. The average molecular weight is 450 g/mol. The highest BCUT2D eigenvalue weighted by Crippen LogP contribution is 2.46. The summed E-state index contributed by atoms with van der Waals surface area (Å²) < 4.78 is 26.2. The minimum atomic E-state index is -3.76. The van der Waals surface area contributed by atoms with Crippen molar-refractivity contribution < 1.29 is 13.2 Å². The van der Waals surface area contributed by atoms with Crippen LogP contribution in [-0.4, -0.2) is 20.6 Å². The highest BCUT2D eigenvalue weighted by molar-refractivity contribution is 7.98. The molecule has 4 rings (SSSR count). The van der Waals surface area contributed by atoms with E-state index in [0.717, 1.165) is 15.3 Å². The Morgan fingerprint density at radius 2 is 1.79 bits per heavy atom. The molecule has 0 aliphatic carbocycles. The molecular weight excluding hydrogens is 434 g/mol. The van der Waals surface area contributed by atoms with Crippen LogP contribution in [0.25, 0.3) is 0 Å². The van der Waals surface area contributed by atoms with Gasteiger partial charge in [-0.15, -0.1) is 23.1 Å². The third-order valence-corrected chi connectivity index (χ3v) is 8.72. The van der Waals surface area contributed by atoms with Gasteiger partial charge in [0.25, 0.3) is 0 Å². The van der Waals surface area contributed by atoms with E-state index in [1.54, 1.807) is 29.3 Å². The molecule has 0 saturated heterocycles. The van der Waals surface area contributed by atoms with Crippen molar-refractivity contribution in [1.29, 1.82) is 0 Å². The predicted molar refractivity (Wildman–Crippen MR) is 115 cm³/mol. The molecule has 28 heavy (non-hydrogen) atoms. The quantitative estimate of drug-likeness (QED) is 0.539. The number of amides is 1. The van der Waals surface area contributed by atoms with Crippen LogP contribution in [0.4, 0.5) is 5.69 Å². The number of benzene rings is 2. The minimum Gasteiger partial charge on any atom is -0.324 e. The lowest BCUT2D eigenvalue weighted by atomic mass is 9.91. The molecule has 144 valence electrons. The van der Waals surface area contributed by atoms with Gasteiger partial charge in [-0.3, -0.25) is 4.79 Å². The van der Waals surface area contributed by atoms with Gasteiger partial charge in [0.15, 0.2) is 0 Å². The monoisotopic (exact) mass is 449 g/mol.